The van der Waals surface area contributed by atoms with Gasteiger partial charge in [0, 0.05) is 24.2 Å². The van der Waals surface area contributed by atoms with E-state index in [4.69, 9.17) is 4.74 Å². The predicted octanol–water partition coefficient (Wildman–Crippen LogP) is 1.87. The van der Waals surface area contributed by atoms with E-state index in [-0.39, 0.29) is 23.8 Å². The highest BCUT2D eigenvalue weighted by Crippen LogP contribution is 2.38. The molecule has 3 rings (SSSR count). The van der Waals surface area contributed by atoms with Gasteiger partial charge in [-0.25, -0.2) is 0 Å². The average Bonchev–Trinajstić information content (AvgIpc) is 3.27. The van der Waals surface area contributed by atoms with Crippen molar-refractivity contribution in [1.82, 2.24) is 10.2 Å². The van der Waals surface area contributed by atoms with Crippen LogP contribution in [-0.2, 0) is 14.3 Å². The molecule has 3 atom stereocenters. The Hall–Kier alpha value is -1.40. The van der Waals surface area contributed by atoms with Gasteiger partial charge >= 0.3 is 0 Å². The van der Waals surface area contributed by atoms with Gasteiger partial charge in [0.15, 0.2) is 0 Å². The van der Waals surface area contributed by atoms with Gasteiger partial charge in [0.1, 0.15) is 6.04 Å². The summed E-state index contributed by atoms with van der Waals surface area (Å²) in [5.74, 6) is -0.180. The van der Waals surface area contributed by atoms with Gasteiger partial charge in [0.2, 0.25) is 11.8 Å². The second-order valence-corrected chi connectivity index (χ2v) is 6.53. The van der Waals surface area contributed by atoms with Gasteiger partial charge in [-0.3, -0.25) is 9.59 Å². The summed E-state index contributed by atoms with van der Waals surface area (Å²) in [6.45, 7) is 3.59. The molecule has 22 heavy (non-hydrogen) atoms. The van der Waals surface area contributed by atoms with Crippen molar-refractivity contribution in [3.8, 4) is 0 Å². The van der Waals surface area contributed by atoms with Crippen molar-refractivity contribution in [2.75, 3.05) is 19.7 Å². The maximum absolute atomic E-state index is 12.7. The molecule has 1 aliphatic carbocycles. The number of carbonyl (C=O) groups excluding carboxylic acids is 2. The molecule has 0 bridgehead atoms. The maximum atomic E-state index is 12.7. The van der Waals surface area contributed by atoms with Crippen LogP contribution >= 0.6 is 15.9 Å². The Bertz CT molecular complexity index is 575. The molecule has 5 nitrogen and oxygen atoms in total. The van der Waals surface area contributed by atoms with Gasteiger partial charge in [-0.1, -0.05) is 28.1 Å². The number of hydrogen-bond donors (Lipinski definition) is 1. The van der Waals surface area contributed by atoms with Crippen LogP contribution in [0.5, 0.6) is 0 Å². The van der Waals surface area contributed by atoms with Crippen LogP contribution in [0.2, 0.25) is 0 Å². The summed E-state index contributed by atoms with van der Waals surface area (Å²) < 4.78 is 6.45. The first kappa shape index (κ1) is 15.5. The van der Waals surface area contributed by atoms with E-state index in [1.54, 1.807) is 4.90 Å². The fourth-order valence-electron chi connectivity index (χ4n) is 2.92. The van der Waals surface area contributed by atoms with Crippen LogP contribution in [0, 0.1) is 5.92 Å². The van der Waals surface area contributed by atoms with Gasteiger partial charge < -0.3 is 15.0 Å². The van der Waals surface area contributed by atoms with E-state index in [0.29, 0.717) is 19.7 Å². The molecule has 3 unspecified atom stereocenters. The van der Waals surface area contributed by atoms with Gasteiger partial charge in [-0.05, 0) is 31.0 Å². The highest BCUT2D eigenvalue weighted by atomic mass is 79.9. The largest absolute Gasteiger partial charge is 0.378 e. The molecule has 1 saturated heterocycles. The first-order valence-electron chi connectivity index (χ1n) is 7.57. The fourth-order valence-corrected chi connectivity index (χ4v) is 3.19. The Morgan fingerprint density at radius 1 is 1.41 bits per heavy atom. The topological polar surface area (TPSA) is 58.6 Å². The molecule has 1 aromatic rings. The summed E-state index contributed by atoms with van der Waals surface area (Å²) in [4.78, 5) is 26.7. The summed E-state index contributed by atoms with van der Waals surface area (Å²) >= 11 is 3.39. The van der Waals surface area contributed by atoms with E-state index >= 15 is 0 Å². The first-order chi connectivity index (χ1) is 10.6. The van der Waals surface area contributed by atoms with Gasteiger partial charge in [0.25, 0.3) is 0 Å². The second kappa shape index (κ2) is 6.38. The molecule has 1 aromatic carbocycles. The number of benzene rings is 1. The fraction of sp³-hybridized carbons (Fsp3) is 0.500. The number of halogens is 1. The molecule has 2 aliphatic rings. The van der Waals surface area contributed by atoms with E-state index in [9.17, 15) is 9.59 Å². The van der Waals surface area contributed by atoms with Crippen molar-refractivity contribution in [1.29, 1.82) is 0 Å². The quantitative estimate of drug-likeness (QED) is 0.884. The molecular formula is C16H19BrN2O3. The molecule has 1 heterocycles. The minimum atomic E-state index is -0.544. The SMILES string of the molecule is CCOC1CC1C(=O)N1CCNC(=O)C1c1ccc(Br)cc1. The highest BCUT2D eigenvalue weighted by molar-refractivity contribution is 9.10. The predicted molar refractivity (Wildman–Crippen MR) is 85.1 cm³/mol. The minimum absolute atomic E-state index is 0.0213. The van der Waals surface area contributed by atoms with Gasteiger partial charge in [0.05, 0.1) is 12.0 Å². The number of nitrogens with zero attached hydrogens (tertiary/aromatic N) is 1. The van der Waals surface area contributed by atoms with Crippen molar-refractivity contribution in [3.63, 3.8) is 0 Å². The molecule has 6 heteroatoms. The third kappa shape index (κ3) is 3.03. The Balaban J connectivity index is 1.80. The lowest BCUT2D eigenvalue weighted by molar-refractivity contribution is -0.145. The van der Waals surface area contributed by atoms with Gasteiger partial charge in [-0.2, -0.15) is 0 Å². The van der Waals surface area contributed by atoms with E-state index < -0.39 is 6.04 Å². The van der Waals surface area contributed by atoms with Gasteiger partial charge in [-0.15, -0.1) is 0 Å². The number of nitrogens with one attached hydrogen (secondary N) is 1. The lowest BCUT2D eigenvalue weighted by Crippen LogP contribution is -2.52. The molecule has 1 N–H and O–H groups in total. The monoisotopic (exact) mass is 366 g/mol. The van der Waals surface area contributed by atoms with Crippen molar-refractivity contribution >= 4 is 27.7 Å². The number of amides is 2. The highest BCUT2D eigenvalue weighted by Gasteiger charge is 2.48. The smallest absolute Gasteiger partial charge is 0.247 e. The number of rotatable bonds is 4. The Morgan fingerprint density at radius 3 is 2.82 bits per heavy atom. The average molecular weight is 367 g/mol. The molecule has 1 aliphatic heterocycles. The van der Waals surface area contributed by atoms with Crippen LogP contribution in [0.4, 0.5) is 0 Å². The summed E-state index contributed by atoms with van der Waals surface area (Å²) in [6.07, 6.45) is 0.783. The number of ether oxygens (including phenoxy) is 1. The Labute approximate surface area is 138 Å². The summed E-state index contributed by atoms with van der Waals surface area (Å²) in [6, 6.07) is 7.00. The summed E-state index contributed by atoms with van der Waals surface area (Å²) in [5, 5.41) is 2.85. The number of piperazine rings is 1. The Kier molecular flexibility index (Phi) is 4.49. The maximum Gasteiger partial charge on any atom is 0.247 e. The zero-order valence-corrected chi connectivity index (χ0v) is 14.0. The van der Waals surface area contributed by atoms with Crippen LogP contribution in [0.15, 0.2) is 28.7 Å². The Morgan fingerprint density at radius 2 is 2.14 bits per heavy atom. The molecule has 0 aromatic heterocycles. The zero-order chi connectivity index (χ0) is 15.7. The van der Waals surface area contributed by atoms with Crippen molar-refractivity contribution < 1.29 is 14.3 Å². The lowest BCUT2D eigenvalue weighted by Gasteiger charge is -2.35. The molecule has 2 amide bonds. The van der Waals surface area contributed by atoms with Crippen molar-refractivity contribution in [3.05, 3.63) is 34.3 Å². The normalized spacial score (nSPS) is 27.5. The van der Waals surface area contributed by atoms with Crippen molar-refractivity contribution in [2.24, 2.45) is 5.92 Å². The standard InChI is InChI=1S/C16H19BrN2O3/c1-2-22-13-9-12(13)16(21)19-8-7-18-15(20)14(19)10-3-5-11(17)6-4-10/h3-6,12-14H,2,7-9H2,1H3,(H,18,20). The van der Waals surface area contributed by atoms with Crippen LogP contribution in [-0.4, -0.2) is 42.5 Å². The number of hydrogen-bond acceptors (Lipinski definition) is 3. The van der Waals surface area contributed by atoms with Crippen LogP contribution in [0.25, 0.3) is 0 Å². The van der Waals surface area contributed by atoms with Crippen LogP contribution in [0.3, 0.4) is 0 Å². The zero-order valence-electron chi connectivity index (χ0n) is 12.4. The molecule has 0 spiro atoms. The van der Waals surface area contributed by atoms with Crippen LogP contribution < -0.4 is 5.32 Å². The summed E-state index contributed by atoms with van der Waals surface area (Å²) in [7, 11) is 0. The van der Waals surface area contributed by atoms with E-state index in [0.717, 1.165) is 16.5 Å². The molecular weight excluding hydrogens is 348 g/mol. The van der Waals surface area contributed by atoms with E-state index in [1.165, 1.54) is 0 Å². The first-order valence-corrected chi connectivity index (χ1v) is 8.36. The molecule has 0 radical (unpaired) electrons. The van der Waals surface area contributed by atoms with Crippen LogP contribution in [0.1, 0.15) is 24.9 Å². The minimum Gasteiger partial charge on any atom is -0.378 e. The third-order valence-corrected chi connectivity index (χ3v) is 4.64. The van der Waals surface area contributed by atoms with E-state index in [2.05, 4.69) is 21.2 Å². The second-order valence-electron chi connectivity index (χ2n) is 5.61. The van der Waals surface area contributed by atoms with E-state index in [1.807, 2.05) is 31.2 Å². The third-order valence-electron chi connectivity index (χ3n) is 4.11. The lowest BCUT2D eigenvalue weighted by atomic mass is 10.0. The molecule has 1 saturated carbocycles. The van der Waals surface area contributed by atoms with Crippen molar-refractivity contribution in [2.45, 2.75) is 25.5 Å². The molecule has 118 valence electrons. The summed E-state index contributed by atoms with van der Waals surface area (Å²) in [5.41, 5.74) is 0.836. The number of carbonyl (C=O) groups is 2. The molecule has 2 fully saturated rings.